The van der Waals surface area contributed by atoms with Crippen LogP contribution in [-0.2, 0) is 20.7 Å². The Labute approximate surface area is 171 Å². The van der Waals surface area contributed by atoms with Crippen LogP contribution in [0.15, 0.2) is 42.5 Å². The van der Waals surface area contributed by atoms with E-state index < -0.39 is 24.1 Å². The second kappa shape index (κ2) is 12.6. The molecule has 1 aromatic rings. The Bertz CT molecular complexity index is 693. The third-order valence-electron chi connectivity index (χ3n) is 4.56. The van der Waals surface area contributed by atoms with E-state index in [4.69, 9.17) is 10.5 Å². The molecule has 1 aromatic carbocycles. The molecule has 0 radical (unpaired) electrons. The van der Waals surface area contributed by atoms with Crippen LogP contribution in [0, 0.1) is 0 Å². The summed E-state index contributed by atoms with van der Waals surface area (Å²) in [5.41, 5.74) is 6.46. The van der Waals surface area contributed by atoms with Gasteiger partial charge in [0.1, 0.15) is 18.7 Å². The maximum absolute atomic E-state index is 12.9. The summed E-state index contributed by atoms with van der Waals surface area (Å²) in [6, 6.07) is 7.93. The number of amides is 3. The molecule has 0 aromatic heterocycles. The molecule has 0 saturated carbocycles. The molecule has 0 unspecified atom stereocenters. The average Bonchev–Trinajstić information content (AvgIpc) is 2.72. The Morgan fingerprint density at radius 3 is 2.52 bits per heavy atom. The fraction of sp³-hybridized carbons (Fsp3) is 0.476. The van der Waals surface area contributed by atoms with Crippen LogP contribution in [0.4, 0.5) is 4.79 Å². The van der Waals surface area contributed by atoms with Gasteiger partial charge in [0.05, 0.1) is 0 Å². The molecule has 3 amide bonds. The molecule has 1 aliphatic rings. The Morgan fingerprint density at radius 1 is 0.966 bits per heavy atom. The van der Waals surface area contributed by atoms with E-state index in [1.807, 2.05) is 36.4 Å². The number of benzene rings is 1. The van der Waals surface area contributed by atoms with Gasteiger partial charge in [0.15, 0.2) is 0 Å². The van der Waals surface area contributed by atoms with E-state index >= 15 is 0 Å². The van der Waals surface area contributed by atoms with Crippen LogP contribution in [0.3, 0.4) is 0 Å². The zero-order valence-electron chi connectivity index (χ0n) is 16.6. The average molecular weight is 402 g/mol. The van der Waals surface area contributed by atoms with E-state index in [2.05, 4.69) is 16.0 Å². The lowest BCUT2D eigenvalue weighted by atomic mass is 10.0. The largest absolute Gasteiger partial charge is 0.445 e. The van der Waals surface area contributed by atoms with Crippen molar-refractivity contribution in [3.8, 4) is 0 Å². The van der Waals surface area contributed by atoms with Crippen LogP contribution < -0.4 is 21.7 Å². The first-order valence-electron chi connectivity index (χ1n) is 10.0. The van der Waals surface area contributed by atoms with E-state index in [9.17, 15) is 14.4 Å². The van der Waals surface area contributed by atoms with Crippen LogP contribution >= 0.6 is 0 Å². The molecule has 158 valence electrons. The minimum absolute atomic E-state index is 0.105. The van der Waals surface area contributed by atoms with Crippen molar-refractivity contribution in [2.45, 2.75) is 44.2 Å². The molecule has 0 fully saturated rings. The topological polar surface area (TPSA) is 123 Å². The zero-order valence-corrected chi connectivity index (χ0v) is 16.6. The summed E-state index contributed by atoms with van der Waals surface area (Å²) >= 11 is 0. The number of unbranched alkanes of at least 4 members (excludes halogenated alkanes) is 1. The standard InChI is InChI=1S/C21H30N4O4/c22-12-6-5-11-17-20(27)24-18(15-16-9-3-1-4-10-16)19(26)23-13-7-2-8-14-29-21(28)25-17/h1-4,8-10,17-18H,5-7,11-15,22H2,(H,23,26)(H,24,27)(H,25,28)/b8-2+/t17-,18+/m0/s1. The molecule has 0 spiro atoms. The fourth-order valence-electron chi connectivity index (χ4n) is 2.99. The van der Waals surface area contributed by atoms with Crippen LogP contribution in [-0.4, -0.2) is 49.7 Å². The molecule has 2 rings (SSSR count). The van der Waals surface area contributed by atoms with Crippen molar-refractivity contribution in [1.82, 2.24) is 16.0 Å². The normalized spacial score (nSPS) is 22.4. The van der Waals surface area contributed by atoms with Crippen LogP contribution in [0.1, 0.15) is 31.2 Å². The molecule has 29 heavy (non-hydrogen) atoms. The van der Waals surface area contributed by atoms with Crippen molar-refractivity contribution in [3.05, 3.63) is 48.0 Å². The third-order valence-corrected chi connectivity index (χ3v) is 4.56. The summed E-state index contributed by atoms with van der Waals surface area (Å²) in [7, 11) is 0. The van der Waals surface area contributed by atoms with E-state index in [-0.39, 0.29) is 12.5 Å². The Kier molecular flexibility index (Phi) is 9.71. The van der Waals surface area contributed by atoms with E-state index in [1.54, 1.807) is 6.08 Å². The number of nitrogens with two attached hydrogens (primary N) is 1. The van der Waals surface area contributed by atoms with Gasteiger partial charge in [-0.1, -0.05) is 42.5 Å². The van der Waals surface area contributed by atoms with E-state index in [1.165, 1.54) is 0 Å². The number of nitrogens with one attached hydrogen (secondary N) is 3. The fourth-order valence-corrected chi connectivity index (χ4v) is 2.99. The molecule has 8 nitrogen and oxygen atoms in total. The van der Waals surface area contributed by atoms with Gasteiger partial charge in [-0.2, -0.15) is 0 Å². The molecule has 1 aliphatic heterocycles. The first-order chi connectivity index (χ1) is 14.1. The quantitative estimate of drug-likeness (QED) is 0.418. The number of carbonyl (C=O) groups is 3. The molecular formula is C21H30N4O4. The number of cyclic esters (lactones) is 1. The lowest BCUT2D eigenvalue weighted by Crippen LogP contribution is -2.54. The van der Waals surface area contributed by atoms with Crippen molar-refractivity contribution in [2.75, 3.05) is 19.7 Å². The molecule has 0 bridgehead atoms. The minimum atomic E-state index is -0.799. The molecule has 2 atom stereocenters. The van der Waals surface area contributed by atoms with E-state index in [0.29, 0.717) is 38.8 Å². The zero-order chi connectivity index (χ0) is 20.9. The first-order valence-corrected chi connectivity index (χ1v) is 10.0. The molecule has 0 saturated heterocycles. The Hall–Kier alpha value is -2.87. The second-order valence-electron chi connectivity index (χ2n) is 6.88. The van der Waals surface area contributed by atoms with E-state index in [0.717, 1.165) is 12.0 Å². The number of carbonyl (C=O) groups excluding carboxylic acids is 3. The van der Waals surface area contributed by atoms with Gasteiger partial charge >= 0.3 is 6.09 Å². The summed E-state index contributed by atoms with van der Waals surface area (Å²) in [6.45, 7) is 1.04. The van der Waals surface area contributed by atoms with Crippen molar-refractivity contribution >= 4 is 17.9 Å². The third kappa shape index (κ3) is 8.35. The summed E-state index contributed by atoms with van der Waals surface area (Å²) in [4.78, 5) is 37.6. The number of ether oxygens (including phenoxy) is 1. The molecule has 0 aliphatic carbocycles. The highest BCUT2D eigenvalue weighted by Gasteiger charge is 2.27. The number of rotatable bonds is 6. The van der Waals surface area contributed by atoms with Gasteiger partial charge in [0.2, 0.25) is 11.8 Å². The SMILES string of the molecule is NCCCC[C@@H]1NC(=O)OC/C=C/CCNC(=O)[C@@H](Cc2ccccc2)NC1=O. The summed E-state index contributed by atoms with van der Waals surface area (Å²) < 4.78 is 5.09. The van der Waals surface area contributed by atoms with Gasteiger partial charge in [0.25, 0.3) is 0 Å². The lowest BCUT2D eigenvalue weighted by Gasteiger charge is -2.23. The highest BCUT2D eigenvalue weighted by Crippen LogP contribution is 2.07. The number of hydrogen-bond acceptors (Lipinski definition) is 5. The number of hydrogen-bond donors (Lipinski definition) is 4. The van der Waals surface area contributed by atoms with Gasteiger partial charge in [-0.15, -0.1) is 0 Å². The van der Waals surface area contributed by atoms with Crippen LogP contribution in [0.25, 0.3) is 0 Å². The summed E-state index contributed by atoms with van der Waals surface area (Å²) in [5.74, 6) is -0.668. The van der Waals surface area contributed by atoms with Crippen molar-refractivity contribution in [3.63, 3.8) is 0 Å². The minimum Gasteiger partial charge on any atom is -0.445 e. The smallest absolute Gasteiger partial charge is 0.408 e. The summed E-state index contributed by atoms with van der Waals surface area (Å²) in [5, 5.41) is 8.25. The Morgan fingerprint density at radius 2 is 1.76 bits per heavy atom. The molecular weight excluding hydrogens is 372 g/mol. The van der Waals surface area contributed by atoms with Crippen LogP contribution in [0.2, 0.25) is 0 Å². The predicted octanol–water partition coefficient (Wildman–Crippen LogP) is 1.01. The van der Waals surface area contributed by atoms with Gasteiger partial charge < -0.3 is 26.4 Å². The molecule has 1 heterocycles. The molecule has 5 N–H and O–H groups in total. The van der Waals surface area contributed by atoms with Gasteiger partial charge in [0, 0.05) is 13.0 Å². The Balaban J connectivity index is 2.16. The maximum atomic E-state index is 12.9. The second-order valence-corrected chi connectivity index (χ2v) is 6.88. The lowest BCUT2D eigenvalue weighted by molar-refractivity contribution is -0.130. The highest BCUT2D eigenvalue weighted by molar-refractivity contribution is 5.91. The number of alkyl carbamates (subject to hydrolysis) is 1. The molecule has 8 heteroatoms. The van der Waals surface area contributed by atoms with Crippen molar-refractivity contribution < 1.29 is 19.1 Å². The van der Waals surface area contributed by atoms with Gasteiger partial charge in [-0.05, 0) is 37.8 Å². The first kappa shape index (κ1) is 22.4. The van der Waals surface area contributed by atoms with Crippen molar-refractivity contribution in [2.24, 2.45) is 5.73 Å². The van der Waals surface area contributed by atoms with Gasteiger partial charge in [-0.25, -0.2) is 4.79 Å². The monoisotopic (exact) mass is 402 g/mol. The highest BCUT2D eigenvalue weighted by atomic mass is 16.5. The predicted molar refractivity (Wildman–Crippen MR) is 110 cm³/mol. The van der Waals surface area contributed by atoms with Gasteiger partial charge in [-0.3, -0.25) is 9.59 Å². The maximum Gasteiger partial charge on any atom is 0.408 e. The summed E-state index contributed by atoms with van der Waals surface area (Å²) in [6.07, 6.45) is 5.66. The van der Waals surface area contributed by atoms with Crippen molar-refractivity contribution in [1.29, 1.82) is 0 Å². The van der Waals surface area contributed by atoms with Crippen LogP contribution in [0.5, 0.6) is 0 Å².